The zero-order valence-electron chi connectivity index (χ0n) is 26.9. The van der Waals surface area contributed by atoms with Crippen molar-refractivity contribution < 1.29 is 0 Å². The van der Waals surface area contributed by atoms with Gasteiger partial charge in [-0.05, 0) is 89.3 Å². The van der Waals surface area contributed by atoms with Gasteiger partial charge in [0.15, 0.2) is 0 Å². The van der Waals surface area contributed by atoms with E-state index in [1.807, 2.05) is 0 Å². The summed E-state index contributed by atoms with van der Waals surface area (Å²) >= 11 is 4.92. The van der Waals surface area contributed by atoms with Gasteiger partial charge in [-0.2, -0.15) is 0 Å². The number of rotatable bonds is 31. The second-order valence-corrected chi connectivity index (χ2v) is 11.8. The van der Waals surface area contributed by atoms with Crippen molar-refractivity contribution in [3.05, 3.63) is 48.6 Å². The van der Waals surface area contributed by atoms with Crippen molar-refractivity contribution in [2.75, 3.05) is 0 Å². The van der Waals surface area contributed by atoms with Crippen LogP contribution in [0.25, 0.3) is 0 Å². The van der Waals surface area contributed by atoms with Crippen LogP contribution >= 0.6 is 12.2 Å². The fourth-order valence-electron chi connectivity index (χ4n) is 5.08. The molecule has 0 rings (SSSR count). The first-order chi connectivity index (χ1) is 19.8. The summed E-state index contributed by atoms with van der Waals surface area (Å²) in [6, 6.07) is 0.411. The number of nitrogens with zero attached hydrogens (tertiary/aromatic N) is 1. The number of unbranched alkanes of at least 4 members (excludes halogenated alkanes) is 18. The molecule has 40 heavy (non-hydrogen) atoms. The van der Waals surface area contributed by atoms with Crippen LogP contribution in [-0.2, 0) is 0 Å². The van der Waals surface area contributed by atoms with Gasteiger partial charge in [-0.25, -0.2) is 4.99 Å². The minimum Gasteiger partial charge on any atom is -0.229 e. The molecule has 0 aliphatic carbocycles. The third-order valence-corrected chi connectivity index (χ3v) is 7.82. The summed E-state index contributed by atoms with van der Waals surface area (Å²) in [5.41, 5.74) is 0. The number of aliphatic imine (C=N–C) groups is 1. The maximum absolute atomic E-state index is 4.92. The number of hydrogen-bond acceptors (Lipinski definition) is 2. The second kappa shape index (κ2) is 35.8. The molecule has 0 aromatic rings. The lowest BCUT2D eigenvalue weighted by atomic mass is 10.0. The van der Waals surface area contributed by atoms with Crippen LogP contribution in [0.4, 0.5) is 0 Å². The van der Waals surface area contributed by atoms with Crippen LogP contribution in [0.5, 0.6) is 0 Å². The first-order valence-electron chi connectivity index (χ1n) is 17.5. The van der Waals surface area contributed by atoms with Crippen LogP contribution in [0.15, 0.2) is 53.6 Å². The van der Waals surface area contributed by atoms with E-state index in [0.29, 0.717) is 6.04 Å². The van der Waals surface area contributed by atoms with Crippen molar-refractivity contribution in [2.24, 2.45) is 4.99 Å². The number of allylic oxidation sites excluding steroid dienone is 8. The molecule has 2 heteroatoms. The Bertz CT molecular complexity index is 604. The molecule has 0 spiro atoms. The molecular formula is C38H67NS. The van der Waals surface area contributed by atoms with E-state index in [2.05, 4.69) is 72.6 Å². The Labute approximate surface area is 257 Å². The predicted molar refractivity (Wildman–Crippen MR) is 187 cm³/mol. The molecule has 0 amide bonds. The Morgan fingerprint density at radius 3 is 1.12 bits per heavy atom. The molecule has 0 saturated heterocycles. The fourth-order valence-corrected chi connectivity index (χ4v) is 5.23. The lowest BCUT2D eigenvalue weighted by Gasteiger charge is -2.11. The van der Waals surface area contributed by atoms with E-state index in [1.54, 1.807) is 0 Å². The van der Waals surface area contributed by atoms with Crippen molar-refractivity contribution in [1.82, 2.24) is 0 Å². The van der Waals surface area contributed by atoms with Crippen LogP contribution in [-0.4, -0.2) is 11.2 Å². The fraction of sp³-hybridized carbons (Fsp3) is 0.763. The maximum Gasteiger partial charge on any atom is 0.0602 e. The first-order valence-corrected chi connectivity index (χ1v) is 17.9. The van der Waals surface area contributed by atoms with Crippen molar-refractivity contribution in [2.45, 2.75) is 187 Å². The molecule has 230 valence electrons. The van der Waals surface area contributed by atoms with Gasteiger partial charge in [0.1, 0.15) is 0 Å². The largest absolute Gasteiger partial charge is 0.229 e. The molecule has 1 nitrogen and oxygen atoms in total. The zero-order chi connectivity index (χ0) is 29.0. The highest BCUT2D eigenvalue weighted by Crippen LogP contribution is 2.17. The van der Waals surface area contributed by atoms with Crippen LogP contribution < -0.4 is 0 Å². The van der Waals surface area contributed by atoms with Crippen LogP contribution in [0.3, 0.4) is 0 Å². The average Bonchev–Trinajstić information content (AvgIpc) is 2.96. The van der Waals surface area contributed by atoms with Gasteiger partial charge in [-0.3, -0.25) is 0 Å². The van der Waals surface area contributed by atoms with Gasteiger partial charge < -0.3 is 0 Å². The molecule has 0 aliphatic heterocycles. The molecule has 0 heterocycles. The van der Waals surface area contributed by atoms with Gasteiger partial charge in [0, 0.05) is 0 Å². The second-order valence-electron chi connectivity index (χ2n) is 11.6. The summed E-state index contributed by atoms with van der Waals surface area (Å²) in [7, 11) is 0. The summed E-state index contributed by atoms with van der Waals surface area (Å²) < 4.78 is 0. The summed E-state index contributed by atoms with van der Waals surface area (Å²) in [5, 5.41) is 2.66. The topological polar surface area (TPSA) is 12.4 Å². The van der Waals surface area contributed by atoms with Crippen LogP contribution in [0.1, 0.15) is 181 Å². The van der Waals surface area contributed by atoms with Crippen molar-refractivity contribution in [1.29, 1.82) is 0 Å². The first kappa shape index (κ1) is 38.8. The lowest BCUT2D eigenvalue weighted by Crippen LogP contribution is -2.04. The summed E-state index contributed by atoms with van der Waals surface area (Å²) in [4.78, 5) is 4.48. The molecule has 0 atom stereocenters. The van der Waals surface area contributed by atoms with E-state index in [-0.39, 0.29) is 0 Å². The average molecular weight is 570 g/mol. The van der Waals surface area contributed by atoms with Crippen molar-refractivity contribution in [3.8, 4) is 0 Å². The van der Waals surface area contributed by atoms with E-state index in [4.69, 9.17) is 12.2 Å². The standard InChI is InChI=1S/C38H67NS/c1-3-5-7-9-11-13-15-17-19-21-23-25-27-29-31-33-35-38(39-37-40)36-34-32-30-28-26-24-22-20-18-16-14-12-10-8-6-4-2/h11-14,17-20,38H,3-10,15-16,21-36H2,1-2H3. The third-order valence-electron chi connectivity index (χ3n) is 7.71. The molecule has 0 aromatic carbocycles. The number of thiocarbonyl (C=S) groups is 1. The van der Waals surface area contributed by atoms with Crippen molar-refractivity contribution >= 4 is 17.4 Å². The van der Waals surface area contributed by atoms with E-state index in [0.717, 1.165) is 12.8 Å². The van der Waals surface area contributed by atoms with Gasteiger partial charge in [0.25, 0.3) is 0 Å². The Morgan fingerprint density at radius 2 is 0.775 bits per heavy atom. The van der Waals surface area contributed by atoms with Crippen molar-refractivity contribution in [3.63, 3.8) is 0 Å². The molecular weight excluding hydrogens is 502 g/mol. The zero-order valence-corrected chi connectivity index (χ0v) is 27.8. The van der Waals surface area contributed by atoms with Gasteiger partial charge in [0.2, 0.25) is 0 Å². The Balaban J connectivity index is 3.53. The summed E-state index contributed by atoms with van der Waals surface area (Å²) in [6.45, 7) is 4.53. The summed E-state index contributed by atoms with van der Waals surface area (Å²) in [6.07, 6.45) is 52.5. The Kier molecular flexibility index (Phi) is 34.7. The predicted octanol–water partition coefficient (Wildman–Crippen LogP) is 13.9. The van der Waals surface area contributed by atoms with Gasteiger partial charge in [0.05, 0.1) is 11.2 Å². The van der Waals surface area contributed by atoms with Gasteiger partial charge in [-0.15, -0.1) is 0 Å². The van der Waals surface area contributed by atoms with E-state index >= 15 is 0 Å². The molecule has 0 N–H and O–H groups in total. The highest BCUT2D eigenvalue weighted by atomic mass is 32.1. The van der Waals surface area contributed by atoms with E-state index in [9.17, 15) is 0 Å². The normalized spacial score (nSPS) is 12.8. The molecule has 0 saturated carbocycles. The minimum absolute atomic E-state index is 0.411. The van der Waals surface area contributed by atoms with Gasteiger partial charge in [-0.1, -0.05) is 152 Å². The highest BCUT2D eigenvalue weighted by molar-refractivity contribution is 7.78. The monoisotopic (exact) mass is 569 g/mol. The minimum atomic E-state index is 0.411. The molecule has 0 fully saturated rings. The quantitative estimate of drug-likeness (QED) is 0.0350. The molecule has 0 radical (unpaired) electrons. The maximum atomic E-state index is 4.92. The molecule has 0 bridgehead atoms. The van der Waals surface area contributed by atoms with E-state index in [1.165, 1.54) is 154 Å². The summed E-state index contributed by atoms with van der Waals surface area (Å²) in [5.74, 6) is 0. The van der Waals surface area contributed by atoms with Crippen LogP contribution in [0.2, 0.25) is 0 Å². The highest BCUT2D eigenvalue weighted by Gasteiger charge is 2.06. The van der Waals surface area contributed by atoms with E-state index < -0.39 is 0 Å². The molecule has 0 unspecified atom stereocenters. The Hall–Kier alpha value is -1.24. The Morgan fingerprint density at radius 1 is 0.450 bits per heavy atom. The number of isothiocyanates is 1. The van der Waals surface area contributed by atoms with Gasteiger partial charge >= 0.3 is 0 Å². The molecule has 0 aliphatic rings. The lowest BCUT2D eigenvalue weighted by molar-refractivity contribution is 0.485. The van der Waals surface area contributed by atoms with Crippen LogP contribution in [0, 0.1) is 0 Å². The SMILES string of the molecule is CCCCCC=CCC=CCCCCCCCCC(CCCCCCCCC=CCC=CCCCCC)N=C=S. The third kappa shape index (κ3) is 33.0. The molecule has 0 aromatic heterocycles. The smallest absolute Gasteiger partial charge is 0.0602 e. The number of hydrogen-bond donors (Lipinski definition) is 0.